The maximum absolute atomic E-state index is 4.32. The summed E-state index contributed by atoms with van der Waals surface area (Å²) in [6, 6.07) is 2.05. The average molecular weight is 161 g/mol. The number of aromatic nitrogens is 3. The highest BCUT2D eigenvalue weighted by molar-refractivity contribution is 5.76. The van der Waals surface area contributed by atoms with E-state index in [0.717, 1.165) is 16.6 Å². The Labute approximate surface area is 70.8 Å². The van der Waals surface area contributed by atoms with Gasteiger partial charge in [0.15, 0.2) is 0 Å². The van der Waals surface area contributed by atoms with E-state index in [1.165, 1.54) is 0 Å². The van der Waals surface area contributed by atoms with Crippen LogP contribution in [0.5, 0.6) is 0 Å². The lowest BCUT2D eigenvalue weighted by atomic mass is 10.1. The molecular formula is C9H11N3. The summed E-state index contributed by atoms with van der Waals surface area (Å²) in [7, 11) is 0. The molecule has 62 valence electrons. The van der Waals surface area contributed by atoms with Crippen LogP contribution >= 0.6 is 0 Å². The molecule has 0 unspecified atom stereocenters. The molecule has 1 N–H and O–H groups in total. The topological polar surface area (TPSA) is 41.6 Å². The van der Waals surface area contributed by atoms with Gasteiger partial charge in [0.1, 0.15) is 0 Å². The molecule has 2 rings (SSSR count). The van der Waals surface area contributed by atoms with Crippen LogP contribution in [-0.2, 0) is 0 Å². The molecule has 0 bridgehead atoms. The SMILES string of the molecule is CC(C)c1cc2[nH]ncc2cn1. The van der Waals surface area contributed by atoms with Crippen molar-refractivity contribution >= 4 is 10.9 Å². The van der Waals surface area contributed by atoms with E-state index in [2.05, 4.69) is 29.0 Å². The van der Waals surface area contributed by atoms with Gasteiger partial charge in [0.2, 0.25) is 0 Å². The van der Waals surface area contributed by atoms with Gasteiger partial charge in [-0.25, -0.2) is 0 Å². The Morgan fingerprint density at radius 3 is 2.92 bits per heavy atom. The van der Waals surface area contributed by atoms with Crippen molar-refractivity contribution in [3.05, 3.63) is 24.2 Å². The van der Waals surface area contributed by atoms with Gasteiger partial charge in [-0.1, -0.05) is 13.8 Å². The highest BCUT2D eigenvalue weighted by Crippen LogP contribution is 2.15. The molecule has 0 spiro atoms. The highest BCUT2D eigenvalue weighted by Gasteiger charge is 2.02. The van der Waals surface area contributed by atoms with Crippen LogP contribution in [0.2, 0.25) is 0 Å². The van der Waals surface area contributed by atoms with Gasteiger partial charge >= 0.3 is 0 Å². The predicted molar refractivity (Wildman–Crippen MR) is 48.0 cm³/mol. The standard InChI is InChI=1S/C9H11N3/c1-6(2)8-3-9-7(4-10-8)5-11-12-9/h3-6H,1-2H3,(H,11,12). The second-order valence-corrected chi connectivity index (χ2v) is 3.22. The van der Waals surface area contributed by atoms with Crippen LogP contribution in [0.3, 0.4) is 0 Å². The average Bonchev–Trinajstić information content (AvgIpc) is 2.49. The Morgan fingerprint density at radius 1 is 1.33 bits per heavy atom. The molecule has 0 aliphatic heterocycles. The van der Waals surface area contributed by atoms with Crippen LogP contribution in [0.15, 0.2) is 18.5 Å². The van der Waals surface area contributed by atoms with Crippen LogP contribution in [0.4, 0.5) is 0 Å². The van der Waals surface area contributed by atoms with E-state index < -0.39 is 0 Å². The lowest BCUT2D eigenvalue weighted by Gasteiger charge is -2.02. The van der Waals surface area contributed by atoms with Gasteiger partial charge in [0.25, 0.3) is 0 Å². The van der Waals surface area contributed by atoms with Crippen molar-refractivity contribution in [2.24, 2.45) is 0 Å². The summed E-state index contributed by atoms with van der Waals surface area (Å²) in [6.07, 6.45) is 3.64. The number of fused-ring (bicyclic) bond motifs is 1. The minimum atomic E-state index is 0.470. The van der Waals surface area contributed by atoms with Gasteiger partial charge in [-0.3, -0.25) is 10.1 Å². The van der Waals surface area contributed by atoms with E-state index in [0.29, 0.717) is 5.92 Å². The molecule has 0 fully saturated rings. The molecule has 3 heteroatoms. The minimum Gasteiger partial charge on any atom is -0.278 e. The van der Waals surface area contributed by atoms with Gasteiger partial charge in [-0.15, -0.1) is 0 Å². The molecule has 0 amide bonds. The van der Waals surface area contributed by atoms with E-state index >= 15 is 0 Å². The van der Waals surface area contributed by atoms with Crippen molar-refractivity contribution in [3.8, 4) is 0 Å². The quantitative estimate of drug-likeness (QED) is 0.695. The van der Waals surface area contributed by atoms with Gasteiger partial charge in [0.05, 0.1) is 11.7 Å². The third kappa shape index (κ3) is 1.07. The number of H-pyrrole nitrogens is 1. The Morgan fingerprint density at radius 2 is 2.17 bits per heavy atom. The third-order valence-corrected chi connectivity index (χ3v) is 1.94. The zero-order valence-corrected chi connectivity index (χ0v) is 7.20. The van der Waals surface area contributed by atoms with Crippen molar-refractivity contribution < 1.29 is 0 Å². The second kappa shape index (κ2) is 2.59. The number of nitrogens with one attached hydrogen (secondary N) is 1. The number of hydrogen-bond acceptors (Lipinski definition) is 2. The van der Waals surface area contributed by atoms with E-state index in [9.17, 15) is 0 Å². The Hall–Kier alpha value is -1.38. The summed E-state index contributed by atoms with van der Waals surface area (Å²) in [4.78, 5) is 4.32. The second-order valence-electron chi connectivity index (χ2n) is 3.22. The molecule has 0 saturated carbocycles. The number of pyridine rings is 1. The summed E-state index contributed by atoms with van der Waals surface area (Å²) in [6.45, 7) is 4.26. The first-order chi connectivity index (χ1) is 5.77. The molecular weight excluding hydrogens is 150 g/mol. The number of hydrogen-bond donors (Lipinski definition) is 1. The number of rotatable bonds is 1. The van der Waals surface area contributed by atoms with Crippen LogP contribution in [-0.4, -0.2) is 15.2 Å². The predicted octanol–water partition coefficient (Wildman–Crippen LogP) is 2.08. The summed E-state index contributed by atoms with van der Waals surface area (Å²) < 4.78 is 0. The Kier molecular flexibility index (Phi) is 1.57. The van der Waals surface area contributed by atoms with Crippen LogP contribution in [0.25, 0.3) is 10.9 Å². The molecule has 0 radical (unpaired) electrons. The largest absolute Gasteiger partial charge is 0.278 e. The molecule has 0 atom stereocenters. The van der Waals surface area contributed by atoms with Crippen molar-refractivity contribution in [1.29, 1.82) is 0 Å². The number of nitrogens with zero attached hydrogens (tertiary/aromatic N) is 2. The summed E-state index contributed by atoms with van der Waals surface area (Å²) in [5.74, 6) is 0.470. The van der Waals surface area contributed by atoms with E-state index in [1.54, 1.807) is 6.20 Å². The molecule has 0 aliphatic rings. The van der Waals surface area contributed by atoms with Crippen molar-refractivity contribution in [2.45, 2.75) is 19.8 Å². The summed E-state index contributed by atoms with van der Waals surface area (Å²) >= 11 is 0. The summed E-state index contributed by atoms with van der Waals surface area (Å²) in [5.41, 5.74) is 2.17. The zero-order valence-electron chi connectivity index (χ0n) is 7.20. The van der Waals surface area contributed by atoms with E-state index in [4.69, 9.17) is 0 Å². The lowest BCUT2D eigenvalue weighted by Crippen LogP contribution is -1.90. The fraction of sp³-hybridized carbons (Fsp3) is 0.333. The van der Waals surface area contributed by atoms with E-state index in [1.807, 2.05) is 12.3 Å². The molecule has 0 aliphatic carbocycles. The number of aromatic amines is 1. The van der Waals surface area contributed by atoms with Gasteiger partial charge < -0.3 is 0 Å². The zero-order chi connectivity index (χ0) is 8.55. The van der Waals surface area contributed by atoms with Crippen molar-refractivity contribution in [1.82, 2.24) is 15.2 Å². The highest BCUT2D eigenvalue weighted by atomic mass is 15.1. The molecule has 2 aromatic heterocycles. The smallest absolute Gasteiger partial charge is 0.0684 e. The van der Waals surface area contributed by atoms with Crippen LogP contribution < -0.4 is 0 Å². The van der Waals surface area contributed by atoms with Crippen LogP contribution in [0.1, 0.15) is 25.5 Å². The minimum absolute atomic E-state index is 0.470. The Bertz CT molecular complexity index is 389. The van der Waals surface area contributed by atoms with Crippen molar-refractivity contribution in [2.75, 3.05) is 0 Å². The molecule has 0 aromatic carbocycles. The molecule has 2 aromatic rings. The first-order valence-electron chi connectivity index (χ1n) is 4.06. The first kappa shape index (κ1) is 7.28. The van der Waals surface area contributed by atoms with Crippen LogP contribution in [0, 0.1) is 0 Å². The van der Waals surface area contributed by atoms with Gasteiger partial charge in [0, 0.05) is 17.3 Å². The first-order valence-corrected chi connectivity index (χ1v) is 4.06. The Balaban J connectivity index is 2.60. The maximum atomic E-state index is 4.32. The molecule has 3 nitrogen and oxygen atoms in total. The molecule has 2 heterocycles. The van der Waals surface area contributed by atoms with Gasteiger partial charge in [-0.2, -0.15) is 5.10 Å². The summed E-state index contributed by atoms with van der Waals surface area (Å²) in [5, 5.41) is 7.93. The maximum Gasteiger partial charge on any atom is 0.0684 e. The fourth-order valence-electron chi connectivity index (χ4n) is 1.17. The third-order valence-electron chi connectivity index (χ3n) is 1.94. The monoisotopic (exact) mass is 161 g/mol. The normalized spacial score (nSPS) is 11.2. The van der Waals surface area contributed by atoms with Crippen molar-refractivity contribution in [3.63, 3.8) is 0 Å². The molecule has 12 heavy (non-hydrogen) atoms. The molecule has 0 saturated heterocycles. The van der Waals surface area contributed by atoms with E-state index in [-0.39, 0.29) is 0 Å². The lowest BCUT2D eigenvalue weighted by molar-refractivity contribution is 0.826. The van der Waals surface area contributed by atoms with Gasteiger partial charge in [-0.05, 0) is 12.0 Å². The fourth-order valence-corrected chi connectivity index (χ4v) is 1.17.